The van der Waals surface area contributed by atoms with Crippen LogP contribution in [0.4, 0.5) is 0 Å². The van der Waals surface area contributed by atoms with Crippen molar-refractivity contribution in [2.45, 2.75) is 11.4 Å². The van der Waals surface area contributed by atoms with Crippen LogP contribution in [0.15, 0.2) is 59.6 Å². The quantitative estimate of drug-likeness (QED) is 0.531. The third-order valence-electron chi connectivity index (χ3n) is 3.42. The van der Waals surface area contributed by atoms with Gasteiger partial charge >= 0.3 is 0 Å². The maximum atomic E-state index is 8.68. The second kappa shape index (κ2) is 6.99. The Labute approximate surface area is 138 Å². The van der Waals surface area contributed by atoms with Gasteiger partial charge in [0.25, 0.3) is 0 Å². The van der Waals surface area contributed by atoms with E-state index in [0.717, 1.165) is 39.2 Å². The number of thiocyanates is 1. The Morgan fingerprint density at radius 1 is 1.13 bits per heavy atom. The number of thioether (sulfide) groups is 1. The molecule has 0 aliphatic rings. The number of rotatable bonds is 5. The Balaban J connectivity index is 1.81. The first-order valence-corrected chi connectivity index (χ1v) is 7.79. The summed E-state index contributed by atoms with van der Waals surface area (Å²) in [6.45, 7) is 0.624. The summed E-state index contributed by atoms with van der Waals surface area (Å²) in [6, 6.07) is 15.7. The zero-order valence-corrected chi connectivity index (χ0v) is 13.3. The molecular weight excluding hydrogens is 308 g/mol. The summed E-state index contributed by atoms with van der Waals surface area (Å²) < 4.78 is 7.04. The van der Waals surface area contributed by atoms with Crippen molar-refractivity contribution in [1.29, 1.82) is 5.26 Å². The molecule has 0 N–H and O–H groups in total. The Kier molecular flexibility index (Phi) is 4.60. The van der Waals surface area contributed by atoms with E-state index < -0.39 is 0 Å². The van der Waals surface area contributed by atoms with E-state index in [1.54, 1.807) is 13.3 Å². The van der Waals surface area contributed by atoms with Gasteiger partial charge in [-0.15, -0.1) is 5.10 Å². The molecule has 0 amide bonds. The second-order valence-corrected chi connectivity index (χ2v) is 5.70. The molecule has 6 heteroatoms. The minimum atomic E-state index is 0.624. The summed E-state index contributed by atoms with van der Waals surface area (Å²) in [7, 11) is 1.65. The molecule has 0 fully saturated rings. The van der Waals surface area contributed by atoms with Crippen molar-refractivity contribution in [1.82, 2.24) is 15.0 Å². The molecule has 3 rings (SSSR count). The average Bonchev–Trinajstić information content (AvgIpc) is 3.05. The third-order valence-corrected chi connectivity index (χ3v) is 4.02. The van der Waals surface area contributed by atoms with E-state index >= 15 is 0 Å². The van der Waals surface area contributed by atoms with Crippen molar-refractivity contribution in [3.8, 4) is 22.4 Å². The van der Waals surface area contributed by atoms with Crippen LogP contribution in [0.5, 0.6) is 5.75 Å². The molecule has 0 bridgehead atoms. The lowest BCUT2D eigenvalue weighted by Gasteiger charge is -2.07. The van der Waals surface area contributed by atoms with Gasteiger partial charge < -0.3 is 4.74 Å². The van der Waals surface area contributed by atoms with Crippen molar-refractivity contribution in [3.05, 3.63) is 60.3 Å². The molecule has 0 saturated carbocycles. The molecule has 0 saturated heterocycles. The van der Waals surface area contributed by atoms with Gasteiger partial charge in [0.15, 0.2) is 0 Å². The molecule has 0 atom stereocenters. The molecule has 1 heterocycles. The molecule has 23 heavy (non-hydrogen) atoms. The minimum Gasteiger partial charge on any atom is -0.497 e. The Morgan fingerprint density at radius 3 is 2.52 bits per heavy atom. The third kappa shape index (κ3) is 3.52. The van der Waals surface area contributed by atoms with Gasteiger partial charge in [-0.05, 0) is 53.7 Å². The first-order chi connectivity index (χ1) is 11.3. The van der Waals surface area contributed by atoms with Gasteiger partial charge in [-0.1, -0.05) is 17.3 Å². The van der Waals surface area contributed by atoms with Crippen LogP contribution < -0.4 is 4.74 Å². The Morgan fingerprint density at radius 2 is 1.87 bits per heavy atom. The topological polar surface area (TPSA) is 63.7 Å². The summed E-state index contributed by atoms with van der Waals surface area (Å²) in [5, 5.41) is 18.9. The van der Waals surface area contributed by atoms with Crippen LogP contribution >= 0.6 is 11.8 Å². The van der Waals surface area contributed by atoms with Gasteiger partial charge in [-0.25, -0.2) is 4.68 Å². The second-order valence-electron chi connectivity index (χ2n) is 4.84. The standard InChI is InChI=1S/C17H14N4OS/c1-22-15-6-4-14(5-7-15)17-10-19-20-21(17)11-13-2-8-16(9-3-13)23-12-18/h2-10H,11H2,1H3. The molecule has 0 aliphatic heterocycles. The minimum absolute atomic E-state index is 0.624. The fourth-order valence-electron chi connectivity index (χ4n) is 2.25. The highest BCUT2D eigenvalue weighted by atomic mass is 32.2. The van der Waals surface area contributed by atoms with Gasteiger partial charge in [-0.2, -0.15) is 5.26 Å². The van der Waals surface area contributed by atoms with Crippen LogP contribution in [0.3, 0.4) is 0 Å². The van der Waals surface area contributed by atoms with E-state index in [0.29, 0.717) is 6.54 Å². The van der Waals surface area contributed by atoms with Crippen LogP contribution in [0.2, 0.25) is 0 Å². The van der Waals surface area contributed by atoms with Crippen LogP contribution in [0.1, 0.15) is 5.56 Å². The molecule has 2 aromatic carbocycles. The highest BCUT2D eigenvalue weighted by Gasteiger charge is 2.08. The number of methoxy groups -OCH3 is 1. The molecule has 0 radical (unpaired) electrons. The van der Waals surface area contributed by atoms with E-state index in [-0.39, 0.29) is 0 Å². The molecule has 1 aromatic heterocycles. The molecule has 5 nitrogen and oxygen atoms in total. The first kappa shape index (κ1) is 15.1. The van der Waals surface area contributed by atoms with E-state index in [9.17, 15) is 0 Å². The number of ether oxygens (including phenoxy) is 1. The van der Waals surface area contributed by atoms with Crippen LogP contribution in [0, 0.1) is 10.7 Å². The van der Waals surface area contributed by atoms with E-state index in [1.807, 2.05) is 53.2 Å². The van der Waals surface area contributed by atoms with Gasteiger partial charge in [0.05, 0.1) is 25.5 Å². The van der Waals surface area contributed by atoms with Crippen LogP contribution in [-0.2, 0) is 6.54 Å². The fourth-order valence-corrected chi connectivity index (χ4v) is 2.63. The number of hydrogen-bond acceptors (Lipinski definition) is 5. The van der Waals surface area contributed by atoms with Crippen molar-refractivity contribution in [2.24, 2.45) is 0 Å². The zero-order valence-electron chi connectivity index (χ0n) is 12.5. The number of aromatic nitrogens is 3. The number of hydrogen-bond donors (Lipinski definition) is 0. The maximum absolute atomic E-state index is 8.68. The fraction of sp³-hybridized carbons (Fsp3) is 0.118. The van der Waals surface area contributed by atoms with Crippen molar-refractivity contribution < 1.29 is 4.74 Å². The first-order valence-electron chi connectivity index (χ1n) is 6.98. The highest BCUT2D eigenvalue weighted by molar-refractivity contribution is 8.03. The Bertz CT molecular complexity index is 819. The number of benzene rings is 2. The lowest BCUT2D eigenvalue weighted by molar-refractivity contribution is 0.415. The molecule has 3 aromatic rings. The lowest BCUT2D eigenvalue weighted by atomic mass is 10.1. The van der Waals surface area contributed by atoms with Crippen molar-refractivity contribution in [2.75, 3.05) is 7.11 Å². The summed E-state index contributed by atoms with van der Waals surface area (Å²) in [4.78, 5) is 0.935. The van der Waals surface area contributed by atoms with Gasteiger partial charge in [0.1, 0.15) is 11.2 Å². The van der Waals surface area contributed by atoms with E-state index in [2.05, 4.69) is 15.7 Å². The molecular formula is C17H14N4OS. The summed E-state index contributed by atoms with van der Waals surface area (Å²) in [5.74, 6) is 0.818. The van der Waals surface area contributed by atoms with Gasteiger partial charge in [-0.3, -0.25) is 0 Å². The lowest BCUT2D eigenvalue weighted by Crippen LogP contribution is -2.04. The Hall–Kier alpha value is -2.78. The summed E-state index contributed by atoms with van der Waals surface area (Å²) >= 11 is 1.15. The van der Waals surface area contributed by atoms with Crippen LogP contribution in [-0.4, -0.2) is 22.1 Å². The normalized spacial score (nSPS) is 10.3. The van der Waals surface area contributed by atoms with Gasteiger partial charge in [0.2, 0.25) is 0 Å². The summed E-state index contributed by atoms with van der Waals surface area (Å²) in [6.07, 6.45) is 1.75. The largest absolute Gasteiger partial charge is 0.497 e. The molecule has 0 aliphatic carbocycles. The zero-order chi connectivity index (χ0) is 16.1. The number of nitriles is 1. The molecule has 0 unspecified atom stereocenters. The van der Waals surface area contributed by atoms with E-state index in [4.69, 9.17) is 10.00 Å². The molecule has 0 spiro atoms. The summed E-state index contributed by atoms with van der Waals surface area (Å²) in [5.41, 5.74) is 3.09. The smallest absolute Gasteiger partial charge is 0.138 e. The highest BCUT2D eigenvalue weighted by Crippen LogP contribution is 2.23. The van der Waals surface area contributed by atoms with Crippen LogP contribution in [0.25, 0.3) is 11.3 Å². The van der Waals surface area contributed by atoms with Crippen molar-refractivity contribution in [3.63, 3.8) is 0 Å². The predicted molar refractivity (Wildman–Crippen MR) is 89.0 cm³/mol. The predicted octanol–water partition coefficient (Wildman–Crippen LogP) is 3.58. The SMILES string of the molecule is COc1ccc(-c2cnnn2Cc2ccc(SC#N)cc2)cc1. The maximum Gasteiger partial charge on any atom is 0.138 e. The average molecular weight is 322 g/mol. The van der Waals surface area contributed by atoms with Crippen molar-refractivity contribution >= 4 is 11.8 Å². The number of nitrogens with zero attached hydrogens (tertiary/aromatic N) is 4. The molecule has 114 valence electrons. The monoisotopic (exact) mass is 322 g/mol. The van der Waals surface area contributed by atoms with Gasteiger partial charge in [0, 0.05) is 10.5 Å². The van der Waals surface area contributed by atoms with E-state index in [1.165, 1.54) is 0 Å².